The summed E-state index contributed by atoms with van der Waals surface area (Å²) in [5.41, 5.74) is 8.88. The van der Waals surface area contributed by atoms with Gasteiger partial charge in [-0.15, -0.1) is 12.4 Å². The van der Waals surface area contributed by atoms with E-state index in [0.29, 0.717) is 6.42 Å². The second-order valence-corrected chi connectivity index (χ2v) is 4.48. The number of rotatable bonds is 3. The third-order valence-electron chi connectivity index (χ3n) is 2.46. The second kappa shape index (κ2) is 6.62. The largest absolute Gasteiger partial charge is 0.327 e. The van der Waals surface area contributed by atoms with Crippen molar-refractivity contribution in [3.63, 3.8) is 0 Å². The smallest absolute Gasteiger partial charge is 0.228 e. The lowest BCUT2D eigenvalue weighted by molar-refractivity contribution is -0.118. The lowest BCUT2D eigenvalue weighted by atomic mass is 10.1. The monoisotopic (exact) mass is 256 g/mol. The van der Waals surface area contributed by atoms with Crippen molar-refractivity contribution in [3.05, 3.63) is 29.3 Å². The van der Waals surface area contributed by atoms with Crippen LogP contribution in [0.1, 0.15) is 24.5 Å². The normalized spacial score (nSPS) is 11.6. The fraction of sp³-hybridized carbons (Fsp3) is 0.462. The van der Waals surface area contributed by atoms with Gasteiger partial charge in [0, 0.05) is 25.2 Å². The molecular formula is C13H21ClN2O. The predicted molar refractivity (Wildman–Crippen MR) is 74.8 cm³/mol. The Hall–Kier alpha value is -1.06. The summed E-state index contributed by atoms with van der Waals surface area (Å²) >= 11 is 0. The number of halogens is 1. The first-order valence-corrected chi connectivity index (χ1v) is 5.50. The number of nitrogens with two attached hydrogens (primary N) is 1. The van der Waals surface area contributed by atoms with Gasteiger partial charge in [0.15, 0.2) is 0 Å². The highest BCUT2D eigenvalue weighted by molar-refractivity contribution is 5.93. The molecule has 0 saturated carbocycles. The number of carbonyl (C=O) groups excluding carboxylic acids is 1. The minimum Gasteiger partial charge on any atom is -0.327 e. The van der Waals surface area contributed by atoms with Gasteiger partial charge in [-0.1, -0.05) is 6.07 Å². The van der Waals surface area contributed by atoms with E-state index in [2.05, 4.69) is 6.07 Å². The quantitative estimate of drug-likeness (QED) is 0.903. The maximum absolute atomic E-state index is 11.8. The molecule has 0 aliphatic carbocycles. The van der Waals surface area contributed by atoms with Crippen LogP contribution in [0.15, 0.2) is 18.2 Å². The van der Waals surface area contributed by atoms with E-state index >= 15 is 0 Å². The van der Waals surface area contributed by atoms with Crippen molar-refractivity contribution in [2.45, 2.75) is 33.2 Å². The maximum Gasteiger partial charge on any atom is 0.228 e. The van der Waals surface area contributed by atoms with Crippen LogP contribution >= 0.6 is 12.4 Å². The molecule has 0 fully saturated rings. The molecule has 1 amide bonds. The highest BCUT2D eigenvalue weighted by Gasteiger charge is 2.12. The topological polar surface area (TPSA) is 46.3 Å². The van der Waals surface area contributed by atoms with E-state index in [0.717, 1.165) is 16.8 Å². The molecule has 1 atom stereocenters. The van der Waals surface area contributed by atoms with Gasteiger partial charge >= 0.3 is 0 Å². The number of hydrogen-bond donors (Lipinski definition) is 1. The molecule has 1 aromatic carbocycles. The number of benzene rings is 1. The van der Waals surface area contributed by atoms with Crippen LogP contribution in [0.3, 0.4) is 0 Å². The third kappa shape index (κ3) is 4.75. The molecule has 2 N–H and O–H groups in total. The van der Waals surface area contributed by atoms with E-state index in [1.54, 1.807) is 11.9 Å². The van der Waals surface area contributed by atoms with Crippen LogP contribution in [0.2, 0.25) is 0 Å². The van der Waals surface area contributed by atoms with Gasteiger partial charge in [-0.25, -0.2) is 0 Å². The maximum atomic E-state index is 11.8. The first kappa shape index (κ1) is 15.9. The molecule has 3 nitrogen and oxygen atoms in total. The Morgan fingerprint density at radius 3 is 2.18 bits per heavy atom. The van der Waals surface area contributed by atoms with Gasteiger partial charge in [-0.05, 0) is 44.0 Å². The fourth-order valence-electron chi connectivity index (χ4n) is 1.70. The first-order chi connectivity index (χ1) is 7.40. The average molecular weight is 257 g/mol. The number of amides is 1. The van der Waals surface area contributed by atoms with Gasteiger partial charge in [0.05, 0.1) is 0 Å². The van der Waals surface area contributed by atoms with E-state index in [9.17, 15) is 4.79 Å². The molecule has 0 bridgehead atoms. The second-order valence-electron chi connectivity index (χ2n) is 4.48. The van der Waals surface area contributed by atoms with Gasteiger partial charge in [0.2, 0.25) is 5.91 Å². The van der Waals surface area contributed by atoms with Gasteiger partial charge in [-0.3, -0.25) is 4.79 Å². The lowest BCUT2D eigenvalue weighted by Gasteiger charge is -2.19. The number of carbonyl (C=O) groups is 1. The van der Waals surface area contributed by atoms with Crippen LogP contribution in [-0.4, -0.2) is 19.0 Å². The molecule has 1 rings (SSSR count). The Balaban J connectivity index is 0.00000256. The molecule has 96 valence electrons. The Labute approximate surface area is 109 Å². The molecule has 0 radical (unpaired) electrons. The van der Waals surface area contributed by atoms with Gasteiger partial charge in [0.25, 0.3) is 0 Å². The highest BCUT2D eigenvalue weighted by Crippen LogP contribution is 2.18. The fourth-order valence-corrected chi connectivity index (χ4v) is 1.70. The summed E-state index contributed by atoms with van der Waals surface area (Å²) in [7, 11) is 1.79. The summed E-state index contributed by atoms with van der Waals surface area (Å²) in [6.07, 6.45) is 0.378. The Morgan fingerprint density at radius 2 is 1.76 bits per heavy atom. The highest BCUT2D eigenvalue weighted by atomic mass is 35.5. The molecule has 1 aromatic rings. The van der Waals surface area contributed by atoms with Crippen LogP contribution in [-0.2, 0) is 4.79 Å². The summed E-state index contributed by atoms with van der Waals surface area (Å²) in [5, 5.41) is 0. The summed E-state index contributed by atoms with van der Waals surface area (Å²) in [6.45, 7) is 5.90. The zero-order valence-corrected chi connectivity index (χ0v) is 11.7. The van der Waals surface area contributed by atoms with E-state index in [-0.39, 0.29) is 24.4 Å². The van der Waals surface area contributed by atoms with Crippen LogP contribution in [0.25, 0.3) is 0 Å². The van der Waals surface area contributed by atoms with Crippen molar-refractivity contribution in [3.8, 4) is 0 Å². The molecular weight excluding hydrogens is 236 g/mol. The van der Waals surface area contributed by atoms with E-state index in [4.69, 9.17) is 5.73 Å². The van der Waals surface area contributed by atoms with Crippen molar-refractivity contribution >= 4 is 24.0 Å². The van der Waals surface area contributed by atoms with Crippen molar-refractivity contribution in [1.82, 2.24) is 0 Å². The van der Waals surface area contributed by atoms with Gasteiger partial charge in [0.1, 0.15) is 0 Å². The summed E-state index contributed by atoms with van der Waals surface area (Å²) < 4.78 is 0. The van der Waals surface area contributed by atoms with Crippen LogP contribution in [0.4, 0.5) is 5.69 Å². The number of hydrogen-bond acceptors (Lipinski definition) is 2. The number of anilines is 1. The van der Waals surface area contributed by atoms with E-state index in [1.807, 2.05) is 32.9 Å². The molecule has 4 heteroatoms. The first-order valence-electron chi connectivity index (χ1n) is 5.50. The molecule has 1 unspecified atom stereocenters. The van der Waals surface area contributed by atoms with E-state index in [1.165, 1.54) is 0 Å². The molecule has 0 heterocycles. The molecule has 0 saturated heterocycles. The van der Waals surface area contributed by atoms with Crippen LogP contribution < -0.4 is 10.6 Å². The van der Waals surface area contributed by atoms with Gasteiger partial charge < -0.3 is 10.6 Å². The van der Waals surface area contributed by atoms with Gasteiger partial charge in [-0.2, -0.15) is 0 Å². The predicted octanol–water partition coefficient (Wildman–Crippen LogP) is 2.43. The molecule has 17 heavy (non-hydrogen) atoms. The number of nitrogens with zero attached hydrogens (tertiary/aromatic N) is 1. The Bertz CT molecular complexity index is 371. The van der Waals surface area contributed by atoms with Crippen molar-refractivity contribution in [2.75, 3.05) is 11.9 Å². The summed E-state index contributed by atoms with van der Waals surface area (Å²) in [6, 6.07) is 6.01. The van der Waals surface area contributed by atoms with Crippen molar-refractivity contribution in [1.29, 1.82) is 0 Å². The average Bonchev–Trinajstić information content (AvgIpc) is 2.13. The standard InChI is InChI=1S/C13H20N2O.ClH/c1-9-5-10(2)7-12(6-9)15(4)13(16)8-11(3)14;/h5-7,11H,8,14H2,1-4H3;1H. The molecule has 0 aromatic heterocycles. The molecule has 0 spiro atoms. The minimum atomic E-state index is -0.0964. The number of aryl methyl sites for hydroxylation is 2. The summed E-state index contributed by atoms with van der Waals surface area (Å²) in [4.78, 5) is 13.5. The Morgan fingerprint density at radius 1 is 1.29 bits per heavy atom. The van der Waals surface area contributed by atoms with Crippen LogP contribution in [0.5, 0.6) is 0 Å². The van der Waals surface area contributed by atoms with Crippen LogP contribution in [0, 0.1) is 13.8 Å². The SMILES string of the molecule is Cc1cc(C)cc(N(C)C(=O)CC(C)N)c1.Cl. The molecule has 0 aliphatic heterocycles. The summed E-state index contributed by atoms with van der Waals surface area (Å²) in [5.74, 6) is 0.0556. The lowest BCUT2D eigenvalue weighted by Crippen LogP contribution is -2.31. The third-order valence-corrected chi connectivity index (χ3v) is 2.46. The zero-order chi connectivity index (χ0) is 12.3. The van der Waals surface area contributed by atoms with E-state index < -0.39 is 0 Å². The van der Waals surface area contributed by atoms with Crippen molar-refractivity contribution in [2.24, 2.45) is 5.73 Å². The molecule has 0 aliphatic rings. The Kier molecular flexibility index (Phi) is 6.21. The van der Waals surface area contributed by atoms with Crippen molar-refractivity contribution < 1.29 is 4.79 Å². The minimum absolute atomic E-state index is 0. The zero-order valence-electron chi connectivity index (χ0n) is 10.9.